The van der Waals surface area contributed by atoms with Crippen LogP contribution in [-0.4, -0.2) is 66.5 Å². The summed E-state index contributed by atoms with van der Waals surface area (Å²) in [6.45, 7) is 4.42. The molecule has 0 fully saturated rings. The van der Waals surface area contributed by atoms with Gasteiger partial charge in [-0.05, 0) is 109 Å². The number of allylic oxidation sites excluding steroid dienone is 14. The van der Waals surface area contributed by atoms with E-state index in [4.69, 9.17) is 23.3 Å². The molecule has 12 heteroatoms. The Morgan fingerprint density at radius 2 is 0.730 bits per heavy atom. The number of esters is 3. The van der Waals surface area contributed by atoms with Crippen molar-refractivity contribution in [2.24, 2.45) is 0 Å². The van der Waals surface area contributed by atoms with Gasteiger partial charge < -0.3 is 24.2 Å². The molecule has 0 aromatic carbocycles. The van der Waals surface area contributed by atoms with Gasteiger partial charge in [0.25, 0.3) is 0 Å². The Balaban J connectivity index is 4.78. The molecule has 11 nitrogen and oxygen atoms in total. The van der Waals surface area contributed by atoms with E-state index < -0.39 is 57.8 Å². The normalized spacial score (nSPS) is 14.0. The van der Waals surface area contributed by atoms with Crippen molar-refractivity contribution in [1.29, 1.82) is 0 Å². The maximum Gasteiger partial charge on any atom is 0.472 e. The summed E-state index contributed by atoms with van der Waals surface area (Å²) in [5.74, 6) is -1.51. The maximum atomic E-state index is 12.9. The SMILES string of the molecule is CC/C=C\C/C=C\C/C=C\C/C=C\CCCCCCC(=O)OC(COC(=O)CCCCCCCCC/C=C\CCCCCCCC)COP(=O)(O)OCC(CO)OC(=O)CCCCCCC/C=C\C/C=C\CCC. The third kappa shape index (κ3) is 53.5. The Morgan fingerprint density at radius 3 is 1.15 bits per heavy atom. The van der Waals surface area contributed by atoms with E-state index in [1.807, 2.05) is 0 Å². The first-order chi connectivity index (χ1) is 36.2. The summed E-state index contributed by atoms with van der Waals surface area (Å²) in [7, 11) is -4.76. The smallest absolute Gasteiger partial charge is 0.462 e. The first-order valence-electron chi connectivity index (χ1n) is 29.5. The molecule has 0 aliphatic heterocycles. The second-order valence-corrected chi connectivity index (χ2v) is 20.9. The van der Waals surface area contributed by atoms with E-state index in [9.17, 15) is 28.9 Å². The Kier molecular flexibility index (Phi) is 53.4. The fourth-order valence-corrected chi connectivity index (χ4v) is 8.58. The first kappa shape index (κ1) is 70.7. The lowest BCUT2D eigenvalue weighted by atomic mass is 10.1. The van der Waals surface area contributed by atoms with Gasteiger partial charge in [0, 0.05) is 19.3 Å². The lowest BCUT2D eigenvalue weighted by molar-refractivity contribution is -0.161. The number of aliphatic hydroxyl groups is 1. The molecule has 2 N–H and O–H groups in total. The summed E-state index contributed by atoms with van der Waals surface area (Å²) >= 11 is 0. The molecule has 0 radical (unpaired) electrons. The number of aliphatic hydroxyl groups excluding tert-OH is 1. The molecule has 426 valence electrons. The minimum Gasteiger partial charge on any atom is -0.462 e. The van der Waals surface area contributed by atoms with Gasteiger partial charge >= 0.3 is 25.7 Å². The standard InChI is InChI=1S/C62H107O11P/c1-4-7-10-13-16-19-22-25-27-29-31-34-36-39-42-45-48-51-60(64)69-55-59(73-62(66)53-50-47-44-41-38-35-32-30-28-26-23-20-17-14-11-8-5-2)57-71-74(67,68)70-56-58(54-63)72-61(65)52-49-46-43-40-37-33-24-21-18-15-12-9-6-3/h8,11-12,15,17,20-21,24-28,32,35,58-59,63H,4-7,9-10,13-14,16,18-19,22-23,29-31,33-34,36-57H2,1-3H3,(H,67,68)/b11-8-,15-12-,20-17-,24-21-,27-25-,28-26-,35-32-. The highest BCUT2D eigenvalue weighted by atomic mass is 31.2. The summed E-state index contributed by atoms with van der Waals surface area (Å²) in [5, 5.41) is 9.81. The number of carbonyl (C=O) groups excluding carboxylic acids is 3. The topological polar surface area (TPSA) is 155 Å². The van der Waals surface area contributed by atoms with E-state index in [1.165, 1.54) is 64.2 Å². The van der Waals surface area contributed by atoms with Gasteiger partial charge in [0.15, 0.2) is 6.10 Å². The largest absolute Gasteiger partial charge is 0.472 e. The Bertz CT molecular complexity index is 1560. The summed E-state index contributed by atoms with van der Waals surface area (Å²) < 4.78 is 39.5. The minimum absolute atomic E-state index is 0.135. The van der Waals surface area contributed by atoms with Gasteiger partial charge in [0.05, 0.1) is 19.8 Å². The molecule has 0 rings (SSSR count). The third-order valence-corrected chi connectivity index (χ3v) is 13.2. The Morgan fingerprint density at radius 1 is 0.392 bits per heavy atom. The van der Waals surface area contributed by atoms with Crippen molar-refractivity contribution >= 4 is 25.7 Å². The summed E-state index contributed by atoms with van der Waals surface area (Å²) in [4.78, 5) is 48.6. The average Bonchev–Trinajstić information content (AvgIpc) is 3.39. The van der Waals surface area contributed by atoms with Gasteiger partial charge in [-0.1, -0.05) is 209 Å². The predicted octanol–water partition coefficient (Wildman–Crippen LogP) is 17.5. The molecule has 0 saturated carbocycles. The van der Waals surface area contributed by atoms with Crippen LogP contribution in [0, 0.1) is 0 Å². The molecular weight excluding hydrogens is 952 g/mol. The van der Waals surface area contributed by atoms with E-state index in [0.29, 0.717) is 19.3 Å². The average molecular weight is 1060 g/mol. The molecule has 0 aromatic heterocycles. The lowest BCUT2D eigenvalue weighted by Crippen LogP contribution is -2.30. The van der Waals surface area contributed by atoms with Crippen LogP contribution in [0.1, 0.15) is 252 Å². The number of hydrogen-bond acceptors (Lipinski definition) is 10. The lowest BCUT2D eigenvalue weighted by Gasteiger charge is -2.21. The van der Waals surface area contributed by atoms with Crippen LogP contribution >= 0.6 is 7.82 Å². The number of carbonyl (C=O) groups is 3. The van der Waals surface area contributed by atoms with Gasteiger partial charge in [-0.3, -0.25) is 23.4 Å². The third-order valence-electron chi connectivity index (χ3n) is 12.3. The summed E-state index contributed by atoms with van der Waals surface area (Å²) in [6, 6.07) is 0. The van der Waals surface area contributed by atoms with Crippen LogP contribution in [0.3, 0.4) is 0 Å². The second kappa shape index (κ2) is 55.9. The molecule has 3 unspecified atom stereocenters. The number of unbranched alkanes of at least 4 members (excludes halogenated alkanes) is 23. The minimum atomic E-state index is -4.76. The van der Waals surface area contributed by atoms with Crippen LogP contribution in [-0.2, 0) is 42.2 Å². The maximum absolute atomic E-state index is 12.9. The van der Waals surface area contributed by atoms with E-state index in [-0.39, 0.29) is 25.9 Å². The predicted molar refractivity (Wildman–Crippen MR) is 307 cm³/mol. The van der Waals surface area contributed by atoms with Crippen molar-refractivity contribution < 1.29 is 52.2 Å². The fraction of sp³-hybridized carbons (Fsp3) is 0.726. The highest BCUT2D eigenvalue weighted by Crippen LogP contribution is 2.43. The highest BCUT2D eigenvalue weighted by molar-refractivity contribution is 7.47. The highest BCUT2D eigenvalue weighted by Gasteiger charge is 2.28. The van der Waals surface area contributed by atoms with Crippen LogP contribution in [0.2, 0.25) is 0 Å². The molecule has 0 saturated heterocycles. The van der Waals surface area contributed by atoms with E-state index >= 15 is 0 Å². The van der Waals surface area contributed by atoms with Crippen LogP contribution in [0.4, 0.5) is 0 Å². The number of ether oxygens (including phenoxy) is 3. The van der Waals surface area contributed by atoms with Crippen LogP contribution in [0.25, 0.3) is 0 Å². The van der Waals surface area contributed by atoms with Crippen LogP contribution in [0.15, 0.2) is 85.1 Å². The zero-order valence-corrected chi connectivity index (χ0v) is 47.9. The Labute approximate surface area is 451 Å². The van der Waals surface area contributed by atoms with Crippen LogP contribution in [0.5, 0.6) is 0 Å². The van der Waals surface area contributed by atoms with Gasteiger partial charge in [0.1, 0.15) is 12.7 Å². The fourth-order valence-electron chi connectivity index (χ4n) is 7.79. The molecule has 0 aliphatic carbocycles. The van der Waals surface area contributed by atoms with Crippen molar-refractivity contribution in [3.8, 4) is 0 Å². The molecule has 74 heavy (non-hydrogen) atoms. The molecule has 0 bridgehead atoms. The quantitative estimate of drug-likeness (QED) is 0.0197. The number of phosphoric acid groups is 1. The molecule has 0 spiro atoms. The van der Waals surface area contributed by atoms with Crippen molar-refractivity contribution in [2.45, 2.75) is 264 Å². The number of phosphoric ester groups is 1. The zero-order valence-electron chi connectivity index (χ0n) is 47.0. The van der Waals surface area contributed by atoms with Crippen LogP contribution < -0.4 is 0 Å². The summed E-state index contributed by atoms with van der Waals surface area (Å²) in [6.07, 6.45) is 63.9. The molecule has 0 heterocycles. The van der Waals surface area contributed by atoms with Gasteiger partial charge in [-0.2, -0.15) is 0 Å². The Hall–Kier alpha value is -3.34. The van der Waals surface area contributed by atoms with Gasteiger partial charge in [-0.25, -0.2) is 4.57 Å². The van der Waals surface area contributed by atoms with E-state index in [1.54, 1.807) is 0 Å². The van der Waals surface area contributed by atoms with Gasteiger partial charge in [0.2, 0.25) is 0 Å². The molecule has 0 aromatic rings. The monoisotopic (exact) mass is 1060 g/mol. The second-order valence-electron chi connectivity index (χ2n) is 19.4. The molecule has 3 atom stereocenters. The van der Waals surface area contributed by atoms with Crippen molar-refractivity contribution in [1.82, 2.24) is 0 Å². The summed E-state index contributed by atoms with van der Waals surface area (Å²) in [5.41, 5.74) is 0. The van der Waals surface area contributed by atoms with Crippen molar-refractivity contribution in [3.05, 3.63) is 85.1 Å². The number of hydrogen-bond donors (Lipinski definition) is 2. The van der Waals surface area contributed by atoms with Crippen molar-refractivity contribution in [2.75, 3.05) is 26.4 Å². The zero-order chi connectivity index (χ0) is 54.1. The molecule has 0 amide bonds. The van der Waals surface area contributed by atoms with E-state index in [2.05, 4.69) is 106 Å². The molecule has 0 aliphatic rings. The molecular formula is C62H107O11P. The first-order valence-corrected chi connectivity index (χ1v) is 31.0. The van der Waals surface area contributed by atoms with Gasteiger partial charge in [-0.15, -0.1) is 0 Å². The van der Waals surface area contributed by atoms with E-state index in [0.717, 1.165) is 128 Å². The van der Waals surface area contributed by atoms with Crippen molar-refractivity contribution in [3.63, 3.8) is 0 Å². The number of rotatable bonds is 54.